The van der Waals surface area contributed by atoms with E-state index in [1.165, 1.54) is 12.8 Å². The summed E-state index contributed by atoms with van der Waals surface area (Å²) >= 11 is 3.46. The minimum atomic E-state index is 0. The third-order valence-electron chi connectivity index (χ3n) is 5.41. The molecule has 5 nitrogen and oxygen atoms in total. The van der Waals surface area contributed by atoms with Crippen LogP contribution >= 0.6 is 39.9 Å². The number of nitrogens with zero attached hydrogens (tertiary/aromatic N) is 2. The van der Waals surface area contributed by atoms with E-state index >= 15 is 0 Å². The second-order valence-corrected chi connectivity index (χ2v) is 7.72. The first-order valence-corrected chi connectivity index (χ1v) is 9.53. The first kappa shape index (κ1) is 19.2. The van der Waals surface area contributed by atoms with Crippen LogP contribution in [0.15, 0.2) is 33.7 Å². The molecule has 0 aromatic heterocycles. The van der Waals surface area contributed by atoms with Crippen LogP contribution in [0, 0.1) is 11.8 Å². The summed E-state index contributed by atoms with van der Waals surface area (Å²) in [6.45, 7) is 3.49. The summed E-state index contributed by atoms with van der Waals surface area (Å²) in [6, 6.07) is 7.92. The molecule has 2 bridgehead atoms. The SMILES string of the molecule is CN=C(NCCOc1cccc(Br)c1)N1CC2C3CCC(O3)C2C1.I. The van der Waals surface area contributed by atoms with Gasteiger partial charge in [-0.25, -0.2) is 0 Å². The predicted octanol–water partition coefficient (Wildman–Crippen LogP) is 3.13. The number of halogens is 2. The number of ether oxygens (including phenoxy) is 2. The van der Waals surface area contributed by atoms with Crippen LogP contribution < -0.4 is 10.1 Å². The van der Waals surface area contributed by atoms with Crippen LogP contribution in [0.25, 0.3) is 0 Å². The van der Waals surface area contributed by atoms with Gasteiger partial charge in [-0.1, -0.05) is 22.0 Å². The van der Waals surface area contributed by atoms with Crippen LogP contribution in [0.2, 0.25) is 0 Å². The molecule has 1 aromatic carbocycles. The van der Waals surface area contributed by atoms with Crippen molar-refractivity contribution in [3.63, 3.8) is 0 Å². The fourth-order valence-corrected chi connectivity index (χ4v) is 4.73. The zero-order chi connectivity index (χ0) is 16.5. The Kier molecular flexibility index (Phi) is 6.49. The minimum absolute atomic E-state index is 0. The molecule has 1 aromatic rings. The highest BCUT2D eigenvalue weighted by atomic mass is 127. The summed E-state index contributed by atoms with van der Waals surface area (Å²) in [6.07, 6.45) is 3.46. The topological polar surface area (TPSA) is 46.1 Å². The van der Waals surface area contributed by atoms with E-state index in [2.05, 4.69) is 31.1 Å². The van der Waals surface area contributed by atoms with Crippen LogP contribution in [0.5, 0.6) is 5.75 Å². The summed E-state index contributed by atoms with van der Waals surface area (Å²) in [5.41, 5.74) is 0. The van der Waals surface area contributed by atoms with Gasteiger partial charge in [0.1, 0.15) is 12.4 Å². The van der Waals surface area contributed by atoms with Gasteiger partial charge in [0.2, 0.25) is 0 Å². The van der Waals surface area contributed by atoms with Crippen molar-refractivity contribution in [2.45, 2.75) is 25.0 Å². The fourth-order valence-electron chi connectivity index (χ4n) is 4.35. The normalized spacial score (nSPS) is 30.2. The average molecular weight is 522 g/mol. The number of hydrogen-bond donors (Lipinski definition) is 1. The molecule has 1 N–H and O–H groups in total. The minimum Gasteiger partial charge on any atom is -0.492 e. The monoisotopic (exact) mass is 521 g/mol. The maximum Gasteiger partial charge on any atom is 0.193 e. The van der Waals surface area contributed by atoms with Gasteiger partial charge in [-0.15, -0.1) is 24.0 Å². The molecule has 138 valence electrons. The molecule has 3 aliphatic rings. The van der Waals surface area contributed by atoms with Gasteiger partial charge in [0.15, 0.2) is 5.96 Å². The Bertz CT molecular complexity index is 612. The highest BCUT2D eigenvalue weighted by Crippen LogP contribution is 2.47. The number of rotatable bonds is 4. The smallest absolute Gasteiger partial charge is 0.193 e. The quantitative estimate of drug-likeness (QED) is 0.286. The zero-order valence-electron chi connectivity index (χ0n) is 14.4. The second-order valence-electron chi connectivity index (χ2n) is 6.80. The predicted molar refractivity (Wildman–Crippen MR) is 113 cm³/mol. The van der Waals surface area contributed by atoms with Crippen LogP contribution in [-0.2, 0) is 4.74 Å². The van der Waals surface area contributed by atoms with Crippen molar-refractivity contribution in [1.82, 2.24) is 10.2 Å². The molecule has 0 aliphatic carbocycles. The van der Waals surface area contributed by atoms with E-state index in [-0.39, 0.29) is 24.0 Å². The van der Waals surface area contributed by atoms with Crippen LogP contribution in [0.1, 0.15) is 12.8 Å². The number of nitrogens with one attached hydrogen (secondary N) is 1. The van der Waals surface area contributed by atoms with Crippen LogP contribution in [0.4, 0.5) is 0 Å². The van der Waals surface area contributed by atoms with E-state index in [1.54, 1.807) is 0 Å². The molecule has 4 rings (SSSR count). The van der Waals surface area contributed by atoms with E-state index in [4.69, 9.17) is 9.47 Å². The Balaban J connectivity index is 0.00000182. The molecule has 3 saturated heterocycles. The number of hydrogen-bond acceptors (Lipinski definition) is 3. The molecule has 25 heavy (non-hydrogen) atoms. The molecular weight excluding hydrogens is 497 g/mol. The number of fused-ring (bicyclic) bond motifs is 5. The van der Waals surface area contributed by atoms with Crippen molar-refractivity contribution >= 4 is 45.9 Å². The largest absolute Gasteiger partial charge is 0.492 e. The molecule has 4 unspecified atom stereocenters. The van der Waals surface area contributed by atoms with E-state index in [0.717, 1.165) is 35.8 Å². The zero-order valence-corrected chi connectivity index (χ0v) is 18.3. The van der Waals surface area contributed by atoms with Crippen molar-refractivity contribution in [1.29, 1.82) is 0 Å². The van der Waals surface area contributed by atoms with Crippen molar-refractivity contribution in [3.8, 4) is 5.75 Å². The lowest BCUT2D eigenvalue weighted by molar-refractivity contribution is 0.0767. The summed E-state index contributed by atoms with van der Waals surface area (Å²) in [5, 5.41) is 3.43. The Morgan fingerprint density at radius 3 is 2.68 bits per heavy atom. The summed E-state index contributed by atoms with van der Waals surface area (Å²) in [7, 11) is 1.86. The maximum atomic E-state index is 6.05. The summed E-state index contributed by atoms with van der Waals surface area (Å²) in [4.78, 5) is 6.85. The Morgan fingerprint density at radius 1 is 1.32 bits per heavy atom. The Morgan fingerprint density at radius 2 is 2.04 bits per heavy atom. The van der Waals surface area contributed by atoms with E-state index < -0.39 is 0 Å². The van der Waals surface area contributed by atoms with E-state index in [1.807, 2.05) is 31.3 Å². The lowest BCUT2D eigenvalue weighted by Crippen LogP contribution is -2.42. The lowest BCUT2D eigenvalue weighted by atomic mass is 9.82. The van der Waals surface area contributed by atoms with Gasteiger partial charge in [0, 0.05) is 36.4 Å². The molecule has 7 heteroatoms. The van der Waals surface area contributed by atoms with Crippen LogP contribution in [0.3, 0.4) is 0 Å². The molecule has 4 atom stereocenters. The van der Waals surface area contributed by atoms with Crippen molar-refractivity contribution in [2.24, 2.45) is 16.8 Å². The maximum absolute atomic E-state index is 6.05. The van der Waals surface area contributed by atoms with Gasteiger partial charge in [0.25, 0.3) is 0 Å². The highest BCUT2D eigenvalue weighted by Gasteiger charge is 2.53. The molecule has 3 heterocycles. The first-order chi connectivity index (χ1) is 11.7. The molecule has 3 fully saturated rings. The first-order valence-electron chi connectivity index (χ1n) is 8.74. The molecule has 0 amide bonds. The van der Waals surface area contributed by atoms with Crippen LogP contribution in [-0.4, -0.2) is 56.4 Å². The molecule has 3 aliphatic heterocycles. The van der Waals surface area contributed by atoms with E-state index in [9.17, 15) is 0 Å². The standard InChI is InChI=1S/C18H24BrN3O2.HI/c1-20-18(21-7-8-23-13-4-2-3-12(19)9-13)22-10-14-15(11-22)17-6-5-16(14)24-17;/h2-4,9,14-17H,5-8,10-11H2,1H3,(H,20,21);1H. The molecule has 0 saturated carbocycles. The Labute approximate surface area is 174 Å². The Hall–Kier alpha value is -0.540. The fraction of sp³-hybridized carbons (Fsp3) is 0.611. The van der Waals surface area contributed by atoms with Gasteiger partial charge < -0.3 is 19.7 Å². The van der Waals surface area contributed by atoms with Crippen molar-refractivity contribution in [3.05, 3.63) is 28.7 Å². The highest BCUT2D eigenvalue weighted by molar-refractivity contribution is 14.0. The molecular formula is C18H25BrIN3O2. The lowest BCUT2D eigenvalue weighted by Gasteiger charge is -2.23. The third-order valence-corrected chi connectivity index (χ3v) is 5.91. The van der Waals surface area contributed by atoms with Gasteiger partial charge in [0.05, 0.1) is 18.8 Å². The van der Waals surface area contributed by atoms with Gasteiger partial charge >= 0.3 is 0 Å². The van der Waals surface area contributed by atoms with E-state index in [0.29, 0.717) is 30.7 Å². The number of aliphatic imine (C=N–C) groups is 1. The van der Waals surface area contributed by atoms with Crippen molar-refractivity contribution < 1.29 is 9.47 Å². The van der Waals surface area contributed by atoms with Gasteiger partial charge in [-0.05, 0) is 31.0 Å². The van der Waals surface area contributed by atoms with Crippen molar-refractivity contribution in [2.75, 3.05) is 33.3 Å². The van der Waals surface area contributed by atoms with Gasteiger partial charge in [-0.3, -0.25) is 4.99 Å². The summed E-state index contributed by atoms with van der Waals surface area (Å²) < 4.78 is 12.9. The number of guanidine groups is 1. The number of benzene rings is 1. The molecule has 0 spiro atoms. The van der Waals surface area contributed by atoms with Gasteiger partial charge in [-0.2, -0.15) is 0 Å². The average Bonchev–Trinajstić information content (AvgIpc) is 3.28. The second kappa shape index (κ2) is 8.43. The third kappa shape index (κ3) is 4.08. The number of likely N-dealkylation sites (tertiary alicyclic amines) is 1. The summed E-state index contributed by atoms with van der Waals surface area (Å²) in [5.74, 6) is 3.26. The molecule has 0 radical (unpaired) electrons.